The van der Waals surface area contributed by atoms with Gasteiger partial charge in [-0.3, -0.25) is 0 Å². The summed E-state index contributed by atoms with van der Waals surface area (Å²) in [6, 6.07) is 42.1. The first-order valence-corrected chi connectivity index (χ1v) is 17.5. The molecule has 0 spiro atoms. The zero-order valence-electron chi connectivity index (χ0n) is 29.1. The lowest BCUT2D eigenvalue weighted by Crippen LogP contribution is -2.12. The highest BCUT2D eigenvalue weighted by molar-refractivity contribution is 5.80. The van der Waals surface area contributed by atoms with Gasteiger partial charge in [-0.2, -0.15) is 0 Å². The Labute approximate surface area is 293 Å². The lowest BCUT2D eigenvalue weighted by molar-refractivity contribution is 0.232. The minimum Gasteiger partial charge on any atom is -0.496 e. The van der Waals surface area contributed by atoms with E-state index in [1.54, 1.807) is 7.11 Å². The molecule has 0 aliphatic rings. The van der Waals surface area contributed by atoms with Crippen LogP contribution in [0.3, 0.4) is 0 Å². The summed E-state index contributed by atoms with van der Waals surface area (Å²) < 4.78 is 12.5. The molecular formula is C47H48O2. The molecule has 1 unspecified atom stereocenters. The Morgan fingerprint density at radius 1 is 0.490 bits per heavy atom. The normalized spacial score (nSPS) is 12.4. The Morgan fingerprint density at radius 3 is 1.29 bits per heavy atom. The molecule has 0 saturated carbocycles. The maximum atomic E-state index is 6.58. The van der Waals surface area contributed by atoms with Crippen LogP contribution in [0.1, 0.15) is 84.0 Å². The molecule has 0 fully saturated rings. The second-order valence-corrected chi connectivity index (χ2v) is 12.3. The summed E-state index contributed by atoms with van der Waals surface area (Å²) in [4.78, 5) is 0. The minimum atomic E-state index is 0.531. The topological polar surface area (TPSA) is 18.5 Å². The van der Waals surface area contributed by atoms with Crippen LogP contribution in [0.4, 0.5) is 0 Å². The molecule has 0 bridgehead atoms. The predicted molar refractivity (Wildman–Crippen MR) is 213 cm³/mol. The van der Waals surface area contributed by atoms with E-state index in [-0.39, 0.29) is 0 Å². The molecule has 5 rings (SSSR count). The fourth-order valence-electron chi connectivity index (χ4n) is 5.58. The van der Waals surface area contributed by atoms with E-state index in [1.807, 2.05) is 12.1 Å². The van der Waals surface area contributed by atoms with Gasteiger partial charge in [-0.05, 0) is 57.9 Å². The Balaban J connectivity index is 1.35. The summed E-state index contributed by atoms with van der Waals surface area (Å²) in [5, 5.41) is 0. The summed E-state index contributed by atoms with van der Waals surface area (Å²) in [5.41, 5.74) is 8.95. The largest absolute Gasteiger partial charge is 0.496 e. The zero-order valence-corrected chi connectivity index (χ0v) is 29.1. The number of hydrogen-bond acceptors (Lipinski definition) is 2. The first kappa shape index (κ1) is 35.0. The number of methoxy groups -OCH3 is 1. The molecular weight excluding hydrogens is 597 g/mol. The smallest absolute Gasteiger partial charge is 0.127 e. The maximum Gasteiger partial charge on any atom is 0.127 e. The van der Waals surface area contributed by atoms with Crippen LogP contribution in [-0.4, -0.2) is 13.7 Å². The van der Waals surface area contributed by atoms with Gasteiger partial charge in [0.25, 0.3) is 0 Å². The quantitative estimate of drug-likeness (QED) is 0.0995. The average molecular weight is 645 g/mol. The molecule has 0 radical (unpaired) electrons. The monoisotopic (exact) mass is 644 g/mol. The Morgan fingerprint density at radius 2 is 0.878 bits per heavy atom. The fourth-order valence-corrected chi connectivity index (χ4v) is 5.58. The highest BCUT2D eigenvalue weighted by atomic mass is 16.5. The SMILES string of the molecule is CCCCC(CC)COc1cc(C=Cc2ccc(C=Cc3ccccc3)cc2)c(OC)cc1C=Cc1ccc(C=Cc2ccccc2)cc1. The second-order valence-electron chi connectivity index (χ2n) is 12.3. The van der Waals surface area contributed by atoms with Gasteiger partial charge in [0, 0.05) is 11.1 Å². The average Bonchev–Trinajstić information content (AvgIpc) is 3.16. The van der Waals surface area contributed by atoms with Crippen LogP contribution in [0.2, 0.25) is 0 Å². The molecule has 0 saturated heterocycles. The molecule has 0 aliphatic carbocycles. The van der Waals surface area contributed by atoms with Crippen LogP contribution in [-0.2, 0) is 0 Å². The van der Waals surface area contributed by atoms with Crippen molar-refractivity contribution in [2.24, 2.45) is 5.92 Å². The number of hydrogen-bond donors (Lipinski definition) is 0. The number of rotatable bonds is 16. The standard InChI is InChI=1S/C47H48O2/c1-4-6-13-37(5-2)36-49-47-35-44(32-30-42-26-22-40(23-27-42)20-18-38-14-9-7-10-15-38)46(48-3)34-45(47)33-31-43-28-24-41(25-29-43)21-19-39-16-11-8-12-17-39/h7-12,14-35,37H,4-6,13,36H2,1-3H3. The van der Waals surface area contributed by atoms with Gasteiger partial charge in [-0.15, -0.1) is 0 Å². The summed E-state index contributed by atoms with van der Waals surface area (Å²) >= 11 is 0. The summed E-state index contributed by atoms with van der Waals surface area (Å²) in [6.45, 7) is 5.21. The molecule has 2 heteroatoms. The van der Waals surface area contributed by atoms with Crippen LogP contribution < -0.4 is 9.47 Å². The summed E-state index contributed by atoms with van der Waals surface area (Å²) in [7, 11) is 1.73. The van der Waals surface area contributed by atoms with Crippen molar-refractivity contribution in [3.63, 3.8) is 0 Å². The highest BCUT2D eigenvalue weighted by Gasteiger charge is 2.12. The van der Waals surface area contributed by atoms with E-state index in [1.165, 1.54) is 36.0 Å². The number of unbranched alkanes of at least 4 members (excludes halogenated alkanes) is 1. The minimum absolute atomic E-state index is 0.531. The van der Waals surface area contributed by atoms with Crippen molar-refractivity contribution in [2.45, 2.75) is 39.5 Å². The van der Waals surface area contributed by atoms with Gasteiger partial charge in [0.1, 0.15) is 11.5 Å². The van der Waals surface area contributed by atoms with Crippen LogP contribution in [0.15, 0.2) is 121 Å². The first-order valence-electron chi connectivity index (χ1n) is 17.5. The van der Waals surface area contributed by atoms with Crippen molar-refractivity contribution in [3.05, 3.63) is 166 Å². The fraction of sp³-hybridized carbons (Fsp3) is 0.191. The van der Waals surface area contributed by atoms with Gasteiger partial charge in [0.15, 0.2) is 0 Å². The number of ether oxygens (including phenoxy) is 2. The van der Waals surface area contributed by atoms with Crippen LogP contribution >= 0.6 is 0 Å². The third-order valence-corrected chi connectivity index (χ3v) is 8.70. The van der Waals surface area contributed by atoms with Crippen molar-refractivity contribution in [1.82, 2.24) is 0 Å². The second kappa shape index (κ2) is 18.9. The molecule has 0 aromatic heterocycles. The Kier molecular flexibility index (Phi) is 13.5. The third-order valence-electron chi connectivity index (χ3n) is 8.70. The van der Waals surface area contributed by atoms with Crippen molar-refractivity contribution in [2.75, 3.05) is 13.7 Å². The molecule has 0 aliphatic heterocycles. The molecule has 49 heavy (non-hydrogen) atoms. The van der Waals surface area contributed by atoms with Crippen LogP contribution in [0, 0.1) is 5.92 Å². The molecule has 0 heterocycles. The van der Waals surface area contributed by atoms with Crippen molar-refractivity contribution in [3.8, 4) is 11.5 Å². The zero-order chi connectivity index (χ0) is 34.1. The van der Waals surface area contributed by atoms with Gasteiger partial charge >= 0.3 is 0 Å². The van der Waals surface area contributed by atoms with Crippen molar-refractivity contribution < 1.29 is 9.47 Å². The van der Waals surface area contributed by atoms with E-state index >= 15 is 0 Å². The van der Waals surface area contributed by atoms with E-state index in [4.69, 9.17) is 9.47 Å². The van der Waals surface area contributed by atoms with Gasteiger partial charge in [-0.25, -0.2) is 0 Å². The lowest BCUT2D eigenvalue weighted by atomic mass is 10.0. The van der Waals surface area contributed by atoms with E-state index in [0.29, 0.717) is 12.5 Å². The molecule has 1 atom stereocenters. The molecule has 248 valence electrons. The first-order chi connectivity index (χ1) is 24.1. The van der Waals surface area contributed by atoms with Crippen LogP contribution in [0.5, 0.6) is 11.5 Å². The van der Waals surface area contributed by atoms with E-state index < -0.39 is 0 Å². The Bertz CT molecular complexity index is 1830. The molecule has 0 N–H and O–H groups in total. The van der Waals surface area contributed by atoms with Crippen LogP contribution in [0.25, 0.3) is 48.6 Å². The third kappa shape index (κ3) is 11.1. The number of benzene rings is 5. The van der Waals surface area contributed by atoms with Crippen molar-refractivity contribution >= 4 is 48.6 Å². The summed E-state index contributed by atoms with van der Waals surface area (Å²) in [6.07, 6.45) is 21.8. The van der Waals surface area contributed by atoms with Gasteiger partial charge in [0.05, 0.1) is 13.7 Å². The van der Waals surface area contributed by atoms with E-state index in [9.17, 15) is 0 Å². The molecule has 5 aromatic carbocycles. The van der Waals surface area contributed by atoms with Crippen molar-refractivity contribution in [1.29, 1.82) is 0 Å². The van der Waals surface area contributed by atoms with Gasteiger partial charge in [-0.1, -0.05) is 191 Å². The molecule has 5 aromatic rings. The van der Waals surface area contributed by atoms with E-state index in [2.05, 4.69) is 172 Å². The predicted octanol–water partition coefficient (Wildman–Crippen LogP) is 13.0. The summed E-state index contributed by atoms with van der Waals surface area (Å²) in [5.74, 6) is 2.21. The highest BCUT2D eigenvalue weighted by Crippen LogP contribution is 2.33. The lowest BCUT2D eigenvalue weighted by Gasteiger charge is -2.18. The molecule has 2 nitrogen and oxygen atoms in total. The van der Waals surface area contributed by atoms with E-state index in [0.717, 1.165) is 45.7 Å². The van der Waals surface area contributed by atoms with Gasteiger partial charge < -0.3 is 9.47 Å². The maximum absolute atomic E-state index is 6.58. The molecule has 0 amide bonds. The van der Waals surface area contributed by atoms with Gasteiger partial charge in [0.2, 0.25) is 0 Å². The Hall–Kier alpha value is -5.34.